The summed E-state index contributed by atoms with van der Waals surface area (Å²) in [7, 11) is 16.3. The summed E-state index contributed by atoms with van der Waals surface area (Å²) in [5, 5.41) is 0. The van der Waals surface area contributed by atoms with Gasteiger partial charge in [0.05, 0.1) is 5.54 Å². The molecule has 7 heteroatoms. The van der Waals surface area contributed by atoms with Crippen LogP contribution in [0.25, 0.3) is 6.08 Å². The smallest absolute Gasteiger partial charge is 0.0555 e. The quantitative estimate of drug-likeness (QED) is 0.163. The summed E-state index contributed by atoms with van der Waals surface area (Å²) >= 11 is 0. The van der Waals surface area contributed by atoms with Crippen molar-refractivity contribution in [2.24, 2.45) is 35.5 Å². The number of anilines is 7. The first-order chi connectivity index (χ1) is 46.1. The monoisotopic (exact) mass is 1320 g/mol. The molecule has 7 aromatic carbocycles. The van der Waals surface area contributed by atoms with Gasteiger partial charge in [0.1, 0.15) is 0 Å². The number of nitrogens with zero attached hydrogens (tertiary/aromatic N) is 7. The van der Waals surface area contributed by atoms with Crippen molar-refractivity contribution in [2.45, 2.75) is 227 Å². The van der Waals surface area contributed by atoms with Gasteiger partial charge < -0.3 is 34.3 Å². The Morgan fingerprint density at radius 1 is 0.242 bits per heavy atom. The lowest BCUT2D eigenvalue weighted by molar-refractivity contribution is 0.277. The van der Waals surface area contributed by atoms with E-state index in [1.807, 2.05) is 0 Å². The number of rotatable bonds is 6. The van der Waals surface area contributed by atoms with Gasteiger partial charge in [0.2, 0.25) is 0 Å². The van der Waals surface area contributed by atoms with Crippen LogP contribution in [0.3, 0.4) is 0 Å². The van der Waals surface area contributed by atoms with Crippen molar-refractivity contribution in [2.75, 3.05) is 83.6 Å². The van der Waals surface area contributed by atoms with Crippen LogP contribution in [0, 0.1) is 42.4 Å². The Hall–Kier alpha value is -7.12. The fourth-order valence-electron chi connectivity index (χ4n) is 20.6. The van der Waals surface area contributed by atoms with E-state index in [2.05, 4.69) is 369 Å². The Morgan fingerprint density at radius 3 is 0.687 bits per heavy atom. The summed E-state index contributed by atoms with van der Waals surface area (Å²) in [6.07, 6.45) is 2.45. The second kappa shape index (κ2) is 22.7. The molecule has 0 N–H and O–H groups in total. The molecule has 0 spiro atoms. The first-order valence-corrected chi connectivity index (χ1v) is 37.9. The van der Waals surface area contributed by atoms with Crippen molar-refractivity contribution in [3.63, 3.8) is 0 Å². The van der Waals surface area contributed by atoms with Gasteiger partial charge in [-0.1, -0.05) is 132 Å². The van der Waals surface area contributed by atoms with Gasteiger partial charge in [0.25, 0.3) is 0 Å². The van der Waals surface area contributed by atoms with Gasteiger partial charge in [0, 0.05) is 158 Å². The first kappa shape index (κ1) is 69.0. The van der Waals surface area contributed by atoms with Crippen LogP contribution in [0.1, 0.15) is 259 Å². The van der Waals surface area contributed by atoms with E-state index >= 15 is 0 Å². The number of benzene rings is 7. The Labute approximate surface area is 599 Å². The van der Waals surface area contributed by atoms with Crippen LogP contribution in [-0.2, 0) is 0 Å². The molecule has 7 nitrogen and oxygen atoms in total. The molecular weight excluding hydrogens is 1200 g/mol. The molecule has 0 radical (unpaired) electrons. The second-order valence-corrected chi connectivity index (χ2v) is 36.8. The topological polar surface area (TPSA) is 22.7 Å². The summed E-state index contributed by atoms with van der Waals surface area (Å²) in [5.41, 5.74) is 30.2. The molecule has 0 aliphatic carbocycles. The third-order valence-corrected chi connectivity index (χ3v) is 31.2. The molecule has 7 aliphatic heterocycles. The van der Waals surface area contributed by atoms with Crippen molar-refractivity contribution in [1.82, 2.24) is 0 Å². The first-order valence-electron chi connectivity index (χ1n) is 37.9. The summed E-state index contributed by atoms with van der Waals surface area (Å²) in [4.78, 5) is 18.0. The van der Waals surface area contributed by atoms with Gasteiger partial charge in [-0.25, -0.2) is 0 Å². The minimum Gasteiger partial charge on any atom is -0.369 e. The standard InChI is InChI=1S/C92H121N7/c1-52-30-37-74-67(44-52)81(55(4)88(13,14)94(74)24)61-32-39-76-69(47-61)83(57(6)90(17,18)96(76)26)63-34-41-78-71(49-63)85(59(8)92(21,22)98(78)28)65-36-43-79-72(51-65)84(58(7)91(19,20)99(79)29)64-35-42-77-70(50-64)82(56(5)89(15,16)97(77)27)62-33-40-75-68(48-62)80(54(3)87(11,12)95(75)25)60-31-38-73-66(46-60)45-53(2)86(9,10)93(73)23/h30-51,54-59,80-85H,1-29H3. The highest BCUT2D eigenvalue weighted by Gasteiger charge is 2.52. The predicted molar refractivity (Wildman–Crippen MR) is 427 cm³/mol. The van der Waals surface area contributed by atoms with E-state index in [-0.39, 0.29) is 74.3 Å². The summed E-state index contributed by atoms with van der Waals surface area (Å²) in [6, 6.07) is 53.2. The van der Waals surface area contributed by atoms with Gasteiger partial charge in [0.15, 0.2) is 0 Å². The molecule has 7 heterocycles. The molecule has 524 valence electrons. The molecule has 0 amide bonds. The maximum Gasteiger partial charge on any atom is 0.0555 e. The zero-order chi connectivity index (χ0) is 71.7. The van der Waals surface area contributed by atoms with Gasteiger partial charge >= 0.3 is 0 Å². The highest BCUT2D eigenvalue weighted by molar-refractivity contribution is 5.78. The maximum absolute atomic E-state index is 2.71. The van der Waals surface area contributed by atoms with Gasteiger partial charge in [-0.15, -0.1) is 0 Å². The van der Waals surface area contributed by atoms with E-state index in [0.717, 1.165) is 0 Å². The minimum atomic E-state index is -0.121. The molecule has 0 saturated carbocycles. The molecule has 0 fully saturated rings. The fraction of sp³-hybridized carbons (Fsp3) is 0.522. The molecule has 12 unspecified atom stereocenters. The number of hydrogen-bond donors (Lipinski definition) is 0. The van der Waals surface area contributed by atoms with E-state index in [4.69, 9.17) is 0 Å². The van der Waals surface area contributed by atoms with Crippen LogP contribution in [0.2, 0.25) is 0 Å². The van der Waals surface area contributed by atoms with Gasteiger partial charge in [-0.2, -0.15) is 0 Å². The fourth-order valence-corrected chi connectivity index (χ4v) is 20.6. The van der Waals surface area contributed by atoms with Gasteiger partial charge in [-0.05, 0) is 273 Å². The summed E-state index contributed by atoms with van der Waals surface area (Å²) in [5.74, 6) is 3.16. The highest BCUT2D eigenvalue weighted by Crippen LogP contribution is 2.61. The third-order valence-electron chi connectivity index (χ3n) is 31.2. The average molecular weight is 1330 g/mol. The lowest BCUT2D eigenvalue weighted by atomic mass is 9.63. The van der Waals surface area contributed by atoms with Crippen LogP contribution in [0.5, 0.6) is 0 Å². The number of likely N-dealkylation sites (N-methyl/N-ethyl adjacent to an activating group) is 1. The third kappa shape index (κ3) is 9.71. The molecule has 0 bridgehead atoms. The summed E-state index contributed by atoms with van der Waals surface area (Å²) in [6.45, 7) is 54.1. The molecule has 0 saturated heterocycles. The minimum absolute atomic E-state index is 0.0323. The van der Waals surface area contributed by atoms with E-state index in [0.29, 0.717) is 35.5 Å². The molecular formula is C92H121N7. The Bertz CT molecular complexity index is 4430. The normalized spacial score (nSPS) is 29.3. The lowest BCUT2D eigenvalue weighted by Crippen LogP contribution is -2.53. The lowest BCUT2D eigenvalue weighted by Gasteiger charge is -2.54. The summed E-state index contributed by atoms with van der Waals surface area (Å²) < 4.78 is 0. The zero-order valence-electron chi connectivity index (χ0n) is 66.3. The van der Waals surface area contributed by atoms with Crippen molar-refractivity contribution < 1.29 is 0 Å². The predicted octanol–water partition coefficient (Wildman–Crippen LogP) is 21.6. The number of fused-ring (bicyclic) bond motifs is 7. The van der Waals surface area contributed by atoms with Crippen LogP contribution in [-0.4, -0.2) is 88.1 Å². The van der Waals surface area contributed by atoms with Crippen molar-refractivity contribution in [3.05, 3.63) is 211 Å². The molecule has 99 heavy (non-hydrogen) atoms. The van der Waals surface area contributed by atoms with E-state index in [9.17, 15) is 0 Å². The maximum atomic E-state index is 2.71. The van der Waals surface area contributed by atoms with Crippen molar-refractivity contribution in [1.29, 1.82) is 0 Å². The molecule has 7 aromatic rings. The van der Waals surface area contributed by atoms with Crippen molar-refractivity contribution in [3.8, 4) is 0 Å². The number of aryl methyl sites for hydroxylation is 1. The molecule has 7 aliphatic rings. The average Bonchev–Trinajstić information content (AvgIpc) is 0.719. The largest absolute Gasteiger partial charge is 0.369 e. The van der Waals surface area contributed by atoms with E-state index in [1.54, 1.807) is 0 Å². The van der Waals surface area contributed by atoms with Crippen molar-refractivity contribution >= 4 is 45.9 Å². The Kier molecular flexibility index (Phi) is 15.8. The number of hydrogen-bond acceptors (Lipinski definition) is 7. The Balaban J connectivity index is 0.893. The van der Waals surface area contributed by atoms with Crippen LogP contribution in [0.15, 0.2) is 133 Å². The Morgan fingerprint density at radius 2 is 0.444 bits per heavy atom. The molecule has 14 rings (SSSR count). The highest BCUT2D eigenvalue weighted by atomic mass is 15.2. The molecule has 0 aromatic heterocycles. The molecule has 12 atom stereocenters. The van der Waals surface area contributed by atoms with E-state index < -0.39 is 0 Å². The van der Waals surface area contributed by atoms with Crippen LogP contribution in [0.4, 0.5) is 39.8 Å². The van der Waals surface area contributed by atoms with E-state index in [1.165, 1.54) is 123 Å². The van der Waals surface area contributed by atoms with Crippen LogP contribution < -0.4 is 34.3 Å². The SMILES string of the molecule is CC1=Cc2cc(C3c4cc(C5c6cc(C7c8cc(C9c%10cc(C%11c%12cc(C%13c%14cc(C)ccc%14N(C)C(C)(C)C%13C)ccc%12N(C)C(C)(C)C%11C)ccc%10N(C)C(C)(C)C9C)ccc8N(C)C(C)(C)C7C)ccc6N(C)C(C)(C)C5C)ccc4N(C)C(C)(C)C3C)ccc2N(C)C1(C)C. The second-order valence-electron chi connectivity index (χ2n) is 36.8. The zero-order valence-corrected chi connectivity index (χ0v) is 66.3. The van der Waals surface area contributed by atoms with Crippen LogP contribution >= 0.6 is 0 Å². The van der Waals surface area contributed by atoms with Gasteiger partial charge in [-0.3, -0.25) is 0 Å².